The van der Waals surface area contributed by atoms with Crippen molar-refractivity contribution in [2.75, 3.05) is 0 Å². The lowest BCUT2D eigenvalue weighted by molar-refractivity contribution is 0.661. The second-order valence-corrected chi connectivity index (χ2v) is 2.33. The molecule has 0 aromatic heterocycles. The van der Waals surface area contributed by atoms with Gasteiger partial charge in [0.25, 0.3) is 0 Å². The van der Waals surface area contributed by atoms with Gasteiger partial charge in [0.15, 0.2) is 0 Å². The van der Waals surface area contributed by atoms with Gasteiger partial charge in [-0.1, -0.05) is 23.8 Å². The Labute approximate surface area is 43.5 Å². The lowest BCUT2D eigenvalue weighted by Crippen LogP contribution is -2.10. The molecule has 2 bridgehead atoms. The van der Waals surface area contributed by atoms with Gasteiger partial charge in [0.05, 0.1) is 0 Å². The van der Waals surface area contributed by atoms with Crippen molar-refractivity contribution in [1.29, 1.82) is 0 Å². The molecular weight excluding hydrogens is 84.1 g/mol. The minimum atomic E-state index is 0.837. The fourth-order valence-corrected chi connectivity index (χ4v) is 1.24. The monoisotopic (exact) mass is 92.1 g/mol. The molecule has 0 spiro atoms. The summed E-state index contributed by atoms with van der Waals surface area (Å²) < 4.78 is 0. The minimum Gasteiger partial charge on any atom is -0.0839 e. The van der Waals surface area contributed by atoms with E-state index in [-0.39, 0.29) is 0 Å². The molecule has 3 aliphatic carbocycles. The highest BCUT2D eigenvalue weighted by molar-refractivity contribution is 5.28. The van der Waals surface area contributed by atoms with Crippen LogP contribution in [0.3, 0.4) is 0 Å². The summed E-state index contributed by atoms with van der Waals surface area (Å²) in [5.74, 6) is 0.837. The lowest BCUT2D eigenvalue weighted by atomic mass is 9.80. The van der Waals surface area contributed by atoms with Gasteiger partial charge < -0.3 is 0 Å². The second kappa shape index (κ2) is 1.00. The molecule has 0 heterocycles. The predicted molar refractivity (Wildman–Crippen MR) is 29.9 cm³/mol. The van der Waals surface area contributed by atoms with Crippen LogP contribution < -0.4 is 0 Å². The first kappa shape index (κ1) is 3.48. The Hall–Kier alpha value is -0.520. The molecule has 0 aliphatic heterocycles. The van der Waals surface area contributed by atoms with E-state index in [1.807, 2.05) is 0 Å². The Morgan fingerprint density at radius 1 is 1.57 bits per heavy atom. The first-order valence-corrected chi connectivity index (χ1v) is 2.81. The van der Waals surface area contributed by atoms with Crippen molar-refractivity contribution in [3.05, 3.63) is 23.8 Å². The molecule has 0 aromatic rings. The van der Waals surface area contributed by atoms with E-state index in [1.54, 1.807) is 5.57 Å². The van der Waals surface area contributed by atoms with Gasteiger partial charge in [-0.25, -0.2) is 0 Å². The fourth-order valence-electron chi connectivity index (χ4n) is 1.24. The molecule has 0 N–H and O–H groups in total. The topological polar surface area (TPSA) is 0 Å². The third kappa shape index (κ3) is 0.365. The number of fused-ring (bicyclic) bond motifs is 1. The molecular formula is C7H8. The van der Waals surface area contributed by atoms with Crippen LogP contribution in [0, 0.1) is 5.92 Å². The highest BCUT2D eigenvalue weighted by atomic mass is 14.2. The van der Waals surface area contributed by atoms with Gasteiger partial charge in [0, 0.05) is 0 Å². The molecule has 0 saturated heterocycles. The minimum absolute atomic E-state index is 0.837. The van der Waals surface area contributed by atoms with Crippen molar-refractivity contribution in [2.24, 2.45) is 5.92 Å². The molecule has 0 aromatic carbocycles. The maximum absolute atomic E-state index is 2.36. The number of rotatable bonds is 0. The van der Waals surface area contributed by atoms with Gasteiger partial charge >= 0.3 is 0 Å². The van der Waals surface area contributed by atoms with Crippen molar-refractivity contribution in [1.82, 2.24) is 0 Å². The second-order valence-electron chi connectivity index (χ2n) is 2.33. The van der Waals surface area contributed by atoms with Gasteiger partial charge in [-0.05, 0) is 18.8 Å². The van der Waals surface area contributed by atoms with Crippen LogP contribution in [-0.4, -0.2) is 0 Å². The molecule has 0 amide bonds. The quantitative estimate of drug-likeness (QED) is 0.400. The fraction of sp³-hybridized carbons (Fsp3) is 0.429. The van der Waals surface area contributed by atoms with Gasteiger partial charge in [0.2, 0.25) is 0 Å². The Morgan fingerprint density at radius 3 is 2.57 bits per heavy atom. The van der Waals surface area contributed by atoms with Gasteiger partial charge in [-0.15, -0.1) is 0 Å². The summed E-state index contributed by atoms with van der Waals surface area (Å²) in [7, 11) is 0. The summed E-state index contributed by atoms with van der Waals surface area (Å²) in [6.45, 7) is 0. The maximum Gasteiger partial charge on any atom is -0.00133 e. The van der Waals surface area contributed by atoms with Gasteiger partial charge in [-0.2, -0.15) is 0 Å². The Balaban J connectivity index is 2.33. The van der Waals surface area contributed by atoms with E-state index in [2.05, 4.69) is 18.2 Å². The first-order chi connectivity index (χ1) is 3.45. The van der Waals surface area contributed by atoms with Crippen LogP contribution in [0.2, 0.25) is 0 Å². The van der Waals surface area contributed by atoms with E-state index < -0.39 is 0 Å². The van der Waals surface area contributed by atoms with E-state index in [1.165, 1.54) is 12.8 Å². The zero-order chi connectivity index (χ0) is 4.69. The SMILES string of the molecule is C1=CC2C=C(C1)C2. The van der Waals surface area contributed by atoms with Gasteiger partial charge in [-0.3, -0.25) is 0 Å². The predicted octanol–water partition coefficient (Wildman–Crippen LogP) is 1.89. The molecule has 0 radical (unpaired) electrons. The normalized spacial score (nSPS) is 34.3. The molecule has 1 atom stereocenters. The van der Waals surface area contributed by atoms with Crippen LogP contribution in [0.1, 0.15) is 12.8 Å². The molecule has 3 aliphatic rings. The third-order valence-corrected chi connectivity index (χ3v) is 1.71. The van der Waals surface area contributed by atoms with E-state index in [0.29, 0.717) is 0 Å². The summed E-state index contributed by atoms with van der Waals surface area (Å²) in [4.78, 5) is 0. The molecule has 0 heteroatoms. The first-order valence-electron chi connectivity index (χ1n) is 2.81. The van der Waals surface area contributed by atoms with Crippen molar-refractivity contribution in [2.45, 2.75) is 12.8 Å². The summed E-state index contributed by atoms with van der Waals surface area (Å²) in [5, 5.41) is 0. The summed E-state index contributed by atoms with van der Waals surface area (Å²) in [5.41, 5.74) is 1.65. The molecule has 3 rings (SSSR count). The average molecular weight is 92.1 g/mol. The highest BCUT2D eigenvalue weighted by Gasteiger charge is 2.17. The summed E-state index contributed by atoms with van der Waals surface area (Å²) >= 11 is 0. The van der Waals surface area contributed by atoms with Crippen LogP contribution in [0.5, 0.6) is 0 Å². The van der Waals surface area contributed by atoms with Crippen LogP contribution in [-0.2, 0) is 0 Å². The van der Waals surface area contributed by atoms with Crippen molar-refractivity contribution < 1.29 is 0 Å². The van der Waals surface area contributed by atoms with E-state index in [9.17, 15) is 0 Å². The highest BCUT2D eigenvalue weighted by Crippen LogP contribution is 2.33. The molecule has 0 fully saturated rings. The lowest BCUT2D eigenvalue weighted by Gasteiger charge is -2.25. The number of allylic oxidation sites excluding steroid dienone is 4. The maximum atomic E-state index is 2.36. The van der Waals surface area contributed by atoms with Crippen LogP contribution in [0.25, 0.3) is 0 Å². The third-order valence-electron chi connectivity index (χ3n) is 1.71. The Kier molecular flexibility index (Phi) is 0.498. The molecule has 0 saturated carbocycles. The molecule has 36 valence electrons. The van der Waals surface area contributed by atoms with E-state index in [0.717, 1.165) is 5.92 Å². The average Bonchev–Trinajstić information content (AvgIpc) is 1.67. The van der Waals surface area contributed by atoms with Crippen LogP contribution >= 0.6 is 0 Å². The van der Waals surface area contributed by atoms with Crippen molar-refractivity contribution >= 4 is 0 Å². The van der Waals surface area contributed by atoms with Gasteiger partial charge in [0.1, 0.15) is 0 Å². The van der Waals surface area contributed by atoms with E-state index >= 15 is 0 Å². The van der Waals surface area contributed by atoms with Crippen molar-refractivity contribution in [3.8, 4) is 0 Å². The number of hydrogen-bond acceptors (Lipinski definition) is 0. The summed E-state index contributed by atoms with van der Waals surface area (Å²) in [6.07, 6.45) is 9.52. The smallest absolute Gasteiger partial charge is 0.00133 e. The molecule has 1 unspecified atom stereocenters. The largest absolute Gasteiger partial charge is 0.0839 e. The van der Waals surface area contributed by atoms with Crippen LogP contribution in [0.15, 0.2) is 23.8 Å². The Morgan fingerprint density at radius 2 is 2.43 bits per heavy atom. The zero-order valence-corrected chi connectivity index (χ0v) is 4.22. The zero-order valence-electron chi connectivity index (χ0n) is 4.22. The van der Waals surface area contributed by atoms with Crippen molar-refractivity contribution in [3.63, 3.8) is 0 Å². The summed E-state index contributed by atoms with van der Waals surface area (Å²) in [6, 6.07) is 0. The molecule has 0 nitrogen and oxygen atoms in total. The van der Waals surface area contributed by atoms with Crippen LogP contribution in [0.4, 0.5) is 0 Å². The Bertz CT molecular complexity index is 140. The van der Waals surface area contributed by atoms with E-state index in [4.69, 9.17) is 0 Å². The molecule has 7 heavy (non-hydrogen) atoms. The standard InChI is InChI=1S/C7H8/c1-2-6-4-7(3-1)5-6/h1-2,4,6H,3,5H2. The number of hydrogen-bond donors (Lipinski definition) is 0.